The monoisotopic (exact) mass is 466 g/mol. The van der Waals surface area contributed by atoms with Crippen LogP contribution in [-0.2, 0) is 13.1 Å². The van der Waals surface area contributed by atoms with Crippen molar-refractivity contribution in [1.82, 2.24) is 9.80 Å². The van der Waals surface area contributed by atoms with Gasteiger partial charge in [-0.15, -0.1) is 0 Å². The summed E-state index contributed by atoms with van der Waals surface area (Å²) in [6, 6.07) is 23.8. The largest absolute Gasteiger partial charge is 0.490 e. The van der Waals surface area contributed by atoms with E-state index >= 15 is 0 Å². The number of hydrogen-bond acceptors (Lipinski definition) is 4. The Morgan fingerprint density at radius 3 is 2.35 bits per heavy atom. The Morgan fingerprint density at radius 1 is 0.912 bits per heavy atom. The molecular weight excluding hydrogens is 434 g/mol. The van der Waals surface area contributed by atoms with Crippen molar-refractivity contribution in [1.29, 1.82) is 0 Å². The van der Waals surface area contributed by atoms with Crippen LogP contribution < -0.4 is 9.47 Å². The van der Waals surface area contributed by atoms with Gasteiger partial charge in [0.1, 0.15) is 17.6 Å². The van der Waals surface area contributed by atoms with Crippen molar-refractivity contribution in [2.75, 3.05) is 27.2 Å². The van der Waals surface area contributed by atoms with Crippen molar-refractivity contribution in [2.24, 2.45) is 0 Å². The van der Waals surface area contributed by atoms with Crippen LogP contribution in [0.3, 0.4) is 0 Å². The van der Waals surface area contributed by atoms with Crippen LogP contribution >= 0.6 is 0 Å². The highest BCUT2D eigenvalue weighted by atomic mass is 19.3. The predicted octanol–water partition coefficient (Wildman–Crippen LogP) is 6.06. The first-order valence-corrected chi connectivity index (χ1v) is 11.7. The third-order valence-corrected chi connectivity index (χ3v) is 6.04. The zero-order valence-corrected chi connectivity index (χ0v) is 19.8. The summed E-state index contributed by atoms with van der Waals surface area (Å²) < 4.78 is 35.7. The SMILES string of the molecule is CN(C)Cc1ccccc1-c1ccc(OC2CCN(Cc3cccc(OC(F)F)c3)CC2)cc1. The number of piperidine rings is 1. The first-order valence-electron chi connectivity index (χ1n) is 11.7. The smallest absolute Gasteiger partial charge is 0.387 e. The Hall–Kier alpha value is -2.96. The molecule has 1 heterocycles. The van der Waals surface area contributed by atoms with Gasteiger partial charge in [-0.05, 0) is 73.5 Å². The van der Waals surface area contributed by atoms with Crippen molar-refractivity contribution in [3.63, 3.8) is 0 Å². The summed E-state index contributed by atoms with van der Waals surface area (Å²) in [7, 11) is 4.16. The van der Waals surface area contributed by atoms with Gasteiger partial charge in [0.25, 0.3) is 0 Å². The predicted molar refractivity (Wildman–Crippen MR) is 131 cm³/mol. The highest BCUT2D eigenvalue weighted by molar-refractivity contribution is 5.68. The molecule has 1 aliphatic rings. The van der Waals surface area contributed by atoms with Gasteiger partial charge in [-0.1, -0.05) is 48.5 Å². The maximum atomic E-state index is 12.5. The van der Waals surface area contributed by atoms with Gasteiger partial charge in [-0.3, -0.25) is 4.90 Å². The van der Waals surface area contributed by atoms with E-state index in [0.29, 0.717) is 6.54 Å². The molecular formula is C28H32F2N2O2. The molecule has 0 N–H and O–H groups in total. The maximum absolute atomic E-state index is 12.5. The van der Waals surface area contributed by atoms with Gasteiger partial charge in [0.2, 0.25) is 0 Å². The summed E-state index contributed by atoms with van der Waals surface area (Å²) in [5, 5.41) is 0. The van der Waals surface area contributed by atoms with Gasteiger partial charge >= 0.3 is 6.61 Å². The number of likely N-dealkylation sites (tertiary alicyclic amines) is 1. The highest BCUT2D eigenvalue weighted by Crippen LogP contribution is 2.28. The molecule has 4 nitrogen and oxygen atoms in total. The van der Waals surface area contributed by atoms with E-state index in [0.717, 1.165) is 43.8 Å². The molecule has 0 radical (unpaired) electrons. The number of rotatable bonds is 9. The summed E-state index contributed by atoms with van der Waals surface area (Å²) in [4.78, 5) is 4.50. The van der Waals surface area contributed by atoms with E-state index in [4.69, 9.17) is 4.74 Å². The molecule has 3 aromatic carbocycles. The van der Waals surface area contributed by atoms with Crippen molar-refractivity contribution in [3.05, 3.63) is 83.9 Å². The van der Waals surface area contributed by atoms with E-state index in [1.54, 1.807) is 18.2 Å². The number of nitrogens with zero attached hydrogens (tertiary/aromatic N) is 2. The Labute approximate surface area is 200 Å². The molecule has 0 unspecified atom stereocenters. The van der Waals surface area contributed by atoms with Gasteiger partial charge in [-0.25, -0.2) is 0 Å². The molecule has 1 saturated heterocycles. The minimum atomic E-state index is -2.80. The first-order chi connectivity index (χ1) is 16.5. The molecule has 0 aliphatic carbocycles. The van der Waals surface area contributed by atoms with Crippen LogP contribution in [-0.4, -0.2) is 49.7 Å². The maximum Gasteiger partial charge on any atom is 0.387 e. The Kier molecular flexibility index (Phi) is 8.14. The third-order valence-electron chi connectivity index (χ3n) is 6.04. The summed E-state index contributed by atoms with van der Waals surface area (Å²) in [6.45, 7) is 0.622. The molecule has 6 heteroatoms. The lowest BCUT2D eigenvalue weighted by atomic mass is 9.99. The van der Waals surface area contributed by atoms with E-state index in [2.05, 4.69) is 77.2 Å². The summed E-state index contributed by atoms with van der Waals surface area (Å²) in [6.07, 6.45) is 2.04. The molecule has 0 amide bonds. The van der Waals surface area contributed by atoms with Crippen LogP contribution in [0, 0.1) is 0 Å². The molecule has 4 rings (SSSR count). The number of hydrogen-bond donors (Lipinski definition) is 0. The second kappa shape index (κ2) is 11.4. The number of alkyl halides is 2. The van der Waals surface area contributed by atoms with Crippen LogP contribution in [0.25, 0.3) is 11.1 Å². The molecule has 0 saturated carbocycles. The van der Waals surface area contributed by atoms with Crippen LogP contribution in [0.2, 0.25) is 0 Å². The quantitative estimate of drug-likeness (QED) is 0.383. The first kappa shape index (κ1) is 24.2. The molecule has 34 heavy (non-hydrogen) atoms. The molecule has 0 bridgehead atoms. The van der Waals surface area contributed by atoms with Crippen LogP contribution in [0.4, 0.5) is 8.78 Å². The normalized spacial score (nSPS) is 15.1. The van der Waals surface area contributed by atoms with E-state index < -0.39 is 6.61 Å². The van der Waals surface area contributed by atoms with E-state index in [9.17, 15) is 8.78 Å². The minimum absolute atomic E-state index is 0.177. The number of ether oxygens (including phenoxy) is 2. The Balaban J connectivity index is 1.29. The summed E-state index contributed by atoms with van der Waals surface area (Å²) in [5.41, 5.74) is 4.72. The zero-order chi connectivity index (χ0) is 23.9. The lowest BCUT2D eigenvalue weighted by Crippen LogP contribution is -2.37. The van der Waals surface area contributed by atoms with Crippen molar-refractivity contribution >= 4 is 0 Å². The Morgan fingerprint density at radius 2 is 1.65 bits per heavy atom. The van der Waals surface area contributed by atoms with Crippen LogP contribution in [0.1, 0.15) is 24.0 Å². The molecule has 0 atom stereocenters. The molecule has 180 valence electrons. The second-order valence-electron chi connectivity index (χ2n) is 9.04. The number of halogens is 2. The summed E-state index contributed by atoms with van der Waals surface area (Å²) >= 11 is 0. The molecule has 1 aliphatic heterocycles. The zero-order valence-electron chi connectivity index (χ0n) is 19.8. The van der Waals surface area contributed by atoms with E-state index in [-0.39, 0.29) is 11.9 Å². The van der Waals surface area contributed by atoms with Crippen molar-refractivity contribution in [3.8, 4) is 22.6 Å². The molecule has 3 aromatic rings. The lowest BCUT2D eigenvalue weighted by Gasteiger charge is -2.32. The fourth-order valence-electron chi connectivity index (χ4n) is 4.45. The fraction of sp³-hybridized carbons (Fsp3) is 0.357. The average molecular weight is 467 g/mol. The molecule has 0 spiro atoms. The van der Waals surface area contributed by atoms with Gasteiger partial charge < -0.3 is 14.4 Å². The fourth-order valence-corrected chi connectivity index (χ4v) is 4.45. The van der Waals surface area contributed by atoms with Crippen LogP contribution in [0.15, 0.2) is 72.8 Å². The highest BCUT2D eigenvalue weighted by Gasteiger charge is 2.21. The van der Waals surface area contributed by atoms with Gasteiger partial charge in [0.05, 0.1) is 0 Å². The third kappa shape index (κ3) is 6.78. The average Bonchev–Trinajstić information content (AvgIpc) is 2.81. The van der Waals surface area contributed by atoms with E-state index in [1.165, 1.54) is 16.7 Å². The molecule has 1 fully saturated rings. The van der Waals surface area contributed by atoms with Gasteiger partial charge in [-0.2, -0.15) is 8.78 Å². The van der Waals surface area contributed by atoms with Gasteiger partial charge in [0, 0.05) is 26.2 Å². The topological polar surface area (TPSA) is 24.9 Å². The van der Waals surface area contributed by atoms with Crippen LogP contribution in [0.5, 0.6) is 11.5 Å². The minimum Gasteiger partial charge on any atom is -0.490 e. The van der Waals surface area contributed by atoms with Gasteiger partial charge in [0.15, 0.2) is 0 Å². The lowest BCUT2D eigenvalue weighted by molar-refractivity contribution is -0.0499. The van der Waals surface area contributed by atoms with Crippen molar-refractivity contribution < 1.29 is 18.3 Å². The Bertz CT molecular complexity index is 1050. The summed E-state index contributed by atoms with van der Waals surface area (Å²) in [5.74, 6) is 1.10. The molecule has 0 aromatic heterocycles. The van der Waals surface area contributed by atoms with E-state index in [1.807, 2.05) is 6.07 Å². The number of benzene rings is 3. The standard InChI is InChI=1S/C28H32F2N2O2/c1-31(2)20-23-7-3-4-9-27(23)22-10-12-24(13-11-22)33-25-14-16-32(17-15-25)19-21-6-5-8-26(18-21)34-28(29)30/h3-13,18,25,28H,14-17,19-20H2,1-2H3. The second-order valence-corrected chi connectivity index (χ2v) is 9.04. The van der Waals surface area contributed by atoms with Crippen molar-refractivity contribution in [2.45, 2.75) is 38.6 Å².